The molecular formula is C26H34ClKN4O2Si. The van der Waals surface area contributed by atoms with Crippen molar-refractivity contribution in [1.29, 1.82) is 0 Å². The Bertz CT molecular complexity index is 987. The van der Waals surface area contributed by atoms with E-state index in [0.717, 1.165) is 18.4 Å². The normalized spacial score (nSPS) is 21.6. The second-order valence-corrected chi connectivity index (χ2v) is 13.5. The summed E-state index contributed by atoms with van der Waals surface area (Å²) in [6.07, 6.45) is 10.3. The van der Waals surface area contributed by atoms with Gasteiger partial charge in [-0.15, -0.1) is 12.4 Å². The van der Waals surface area contributed by atoms with Gasteiger partial charge in [0.15, 0.2) is 0 Å². The van der Waals surface area contributed by atoms with Crippen molar-refractivity contribution in [1.82, 2.24) is 0 Å². The van der Waals surface area contributed by atoms with Crippen molar-refractivity contribution in [3.05, 3.63) is 94.4 Å². The summed E-state index contributed by atoms with van der Waals surface area (Å²) in [6.45, 7) is 5.31. The fourth-order valence-electron chi connectivity index (χ4n) is 2.88. The molecule has 2 saturated carbocycles. The molecule has 2 aromatic carbocycles. The number of nitrogens with two attached hydrogens (primary N) is 1. The number of amides is 1. The summed E-state index contributed by atoms with van der Waals surface area (Å²) in [5, 5.41) is 3.10. The van der Waals surface area contributed by atoms with Crippen molar-refractivity contribution in [2.24, 2.45) is 28.6 Å². The van der Waals surface area contributed by atoms with Crippen molar-refractivity contribution in [2.75, 3.05) is 0 Å². The molecule has 0 aromatic heterocycles. The second-order valence-electron chi connectivity index (χ2n) is 9.25. The molecule has 6 nitrogen and oxygen atoms in total. The fraction of sp³-hybridized carbons (Fsp3) is 0.346. The van der Waals surface area contributed by atoms with Gasteiger partial charge in [-0.25, -0.2) is 0 Å². The van der Waals surface area contributed by atoms with Gasteiger partial charge in [-0.05, 0) is 46.4 Å². The van der Waals surface area contributed by atoms with E-state index in [9.17, 15) is 9.59 Å². The van der Waals surface area contributed by atoms with Crippen LogP contribution in [0.2, 0.25) is 19.6 Å². The smallest absolute Gasteiger partial charge is 0.859 e. The Labute approximate surface area is 258 Å². The summed E-state index contributed by atoms with van der Waals surface area (Å²) in [5.74, 6) is 0.421. The maximum absolute atomic E-state index is 11.2. The van der Waals surface area contributed by atoms with Crippen LogP contribution in [0.15, 0.2) is 77.9 Å². The van der Waals surface area contributed by atoms with Crippen LogP contribution in [-0.4, -0.2) is 20.3 Å². The number of rotatable bonds is 5. The number of allylic oxidation sites excluding steroid dienone is 1. The Hall–Kier alpha value is -1.04. The quantitative estimate of drug-likeness (QED) is 0.274. The van der Waals surface area contributed by atoms with E-state index in [0.29, 0.717) is 12.0 Å². The van der Waals surface area contributed by atoms with Crippen LogP contribution in [0.25, 0.3) is 22.6 Å². The van der Waals surface area contributed by atoms with E-state index < -0.39 is 8.32 Å². The van der Waals surface area contributed by atoms with Gasteiger partial charge in [0, 0.05) is 16.9 Å². The summed E-state index contributed by atoms with van der Waals surface area (Å²) in [7, 11) is -1.86. The summed E-state index contributed by atoms with van der Waals surface area (Å²) in [4.78, 5) is 23.9. The van der Waals surface area contributed by atoms with E-state index in [4.69, 9.17) is 11.3 Å². The zero-order valence-corrected chi connectivity index (χ0v) is 25.9. The predicted octanol–water partition coefficient (Wildman–Crippen LogP) is 2.83. The molecule has 4 rings (SSSR count). The van der Waals surface area contributed by atoms with Crippen molar-refractivity contribution < 1.29 is 61.0 Å². The summed E-state index contributed by atoms with van der Waals surface area (Å²) < 4.78 is 0. The maximum Gasteiger partial charge on any atom is 1.00 e. The van der Waals surface area contributed by atoms with Crippen LogP contribution in [0.4, 0.5) is 0 Å². The SMILES string of the molecule is C[Si](C)(C)[O-].Cl.NC1CC1/C=C\c1ccccc1.[K+].[N-]=[N+]=NC(=O)C1CC1/C=C\c1ccccc1. The summed E-state index contributed by atoms with van der Waals surface area (Å²) in [6, 6.07) is 20.7. The molecule has 4 atom stereocenters. The molecule has 2 aromatic rings. The Kier molecular flexibility index (Phi) is 16.9. The van der Waals surface area contributed by atoms with Gasteiger partial charge in [0.1, 0.15) is 0 Å². The number of benzene rings is 2. The number of carbonyl (C=O) groups is 1. The largest absolute Gasteiger partial charge is 1.00 e. The fourth-order valence-corrected chi connectivity index (χ4v) is 2.88. The predicted molar refractivity (Wildman–Crippen MR) is 143 cm³/mol. The van der Waals surface area contributed by atoms with Gasteiger partial charge in [0.25, 0.3) is 0 Å². The molecule has 0 aliphatic heterocycles. The van der Waals surface area contributed by atoms with E-state index in [2.05, 4.69) is 34.3 Å². The first-order valence-corrected chi connectivity index (χ1v) is 14.6. The molecule has 2 N–H and O–H groups in total. The van der Waals surface area contributed by atoms with Gasteiger partial charge >= 0.3 is 51.4 Å². The molecule has 2 aliphatic rings. The Morgan fingerprint density at radius 3 is 1.74 bits per heavy atom. The molecule has 0 heterocycles. The standard InChI is InChI=1S/C12H11N3O.C11H13N.C3H9OSi.ClH.K/c13-15-14-12(16)11-8-10(11)7-6-9-4-2-1-3-5-9;12-11-8-10(11)7-6-9-4-2-1-3-5-9;1-5(2,3)4;;/h1-7,10-11H,8H2;1-7,10-11H,8,12H2;1-3H3;1H;/q;;-1;;+1/b2*7-6-;;;. The van der Waals surface area contributed by atoms with Crippen LogP contribution in [0, 0.1) is 17.8 Å². The first-order valence-electron chi connectivity index (χ1n) is 11.2. The Morgan fingerprint density at radius 2 is 1.37 bits per heavy atom. The molecule has 2 aliphatic carbocycles. The third-order valence-electron chi connectivity index (χ3n) is 4.86. The zero-order chi connectivity index (χ0) is 24.3. The van der Waals surface area contributed by atoms with Gasteiger partial charge in [0.05, 0.1) is 0 Å². The average Bonchev–Trinajstić information content (AvgIpc) is 3.69. The average molecular weight is 537 g/mol. The molecule has 35 heavy (non-hydrogen) atoms. The Morgan fingerprint density at radius 1 is 0.971 bits per heavy atom. The van der Waals surface area contributed by atoms with E-state index in [1.807, 2.05) is 60.7 Å². The molecule has 4 unspecified atom stereocenters. The van der Waals surface area contributed by atoms with Crippen molar-refractivity contribution >= 4 is 38.8 Å². The van der Waals surface area contributed by atoms with Crippen LogP contribution < -0.4 is 61.9 Å². The topological polar surface area (TPSA) is 115 Å². The van der Waals surface area contributed by atoms with Crippen LogP contribution >= 0.6 is 12.4 Å². The number of nitrogens with zero attached hydrogens (tertiary/aromatic N) is 3. The second kappa shape index (κ2) is 17.4. The third-order valence-corrected chi connectivity index (χ3v) is 4.86. The molecule has 2 fully saturated rings. The number of hydrogen-bond donors (Lipinski definition) is 1. The molecule has 0 saturated heterocycles. The molecule has 9 heteroatoms. The molecule has 0 radical (unpaired) electrons. The van der Waals surface area contributed by atoms with Crippen molar-refractivity contribution in [3.63, 3.8) is 0 Å². The van der Waals surface area contributed by atoms with Gasteiger partial charge in [-0.2, -0.15) is 0 Å². The van der Waals surface area contributed by atoms with E-state index >= 15 is 0 Å². The number of hydrogen-bond acceptors (Lipinski definition) is 3. The van der Waals surface area contributed by atoms with E-state index in [1.165, 1.54) is 5.56 Å². The monoisotopic (exact) mass is 536 g/mol. The van der Waals surface area contributed by atoms with Crippen LogP contribution in [0.1, 0.15) is 24.0 Å². The first kappa shape index (κ1) is 34.0. The van der Waals surface area contributed by atoms with Crippen molar-refractivity contribution in [2.45, 2.75) is 38.5 Å². The minimum atomic E-state index is -1.86. The number of halogens is 1. The van der Waals surface area contributed by atoms with Gasteiger partial charge in [0.2, 0.25) is 5.91 Å². The maximum atomic E-state index is 11.2. The summed E-state index contributed by atoms with van der Waals surface area (Å²) >= 11 is 0. The zero-order valence-electron chi connectivity index (χ0n) is 21.0. The Balaban J connectivity index is 0.000000542. The molecule has 182 valence electrons. The molecular weight excluding hydrogens is 503 g/mol. The molecule has 0 spiro atoms. The first-order chi connectivity index (χ1) is 15.7. The number of azide groups is 1. The van der Waals surface area contributed by atoms with Gasteiger partial charge < -0.3 is 10.5 Å². The van der Waals surface area contributed by atoms with Gasteiger partial charge in [-0.1, -0.05) is 113 Å². The third kappa shape index (κ3) is 16.4. The van der Waals surface area contributed by atoms with Crippen molar-refractivity contribution in [3.8, 4) is 0 Å². The minimum Gasteiger partial charge on any atom is -0.859 e. The van der Waals surface area contributed by atoms with Crippen LogP contribution in [0.3, 0.4) is 0 Å². The van der Waals surface area contributed by atoms with Crippen LogP contribution in [0.5, 0.6) is 0 Å². The van der Waals surface area contributed by atoms with Crippen LogP contribution in [-0.2, 0) is 4.79 Å². The van der Waals surface area contributed by atoms with E-state index in [-0.39, 0.29) is 81.5 Å². The summed E-state index contributed by atoms with van der Waals surface area (Å²) in [5.41, 5.74) is 16.2. The number of carbonyl (C=O) groups excluding carboxylic acids is 1. The van der Waals surface area contributed by atoms with Gasteiger partial charge in [-0.3, -0.25) is 4.79 Å². The molecule has 0 bridgehead atoms. The van der Waals surface area contributed by atoms with E-state index in [1.54, 1.807) is 19.6 Å². The molecule has 1 amide bonds. The minimum absolute atomic E-state index is 0.